The van der Waals surface area contributed by atoms with Crippen LogP contribution in [0.5, 0.6) is 5.75 Å². The molecule has 2 nitrogen and oxygen atoms in total. The molecule has 0 atom stereocenters. The zero-order chi connectivity index (χ0) is 12.8. The predicted octanol–water partition coefficient (Wildman–Crippen LogP) is 3.49. The summed E-state index contributed by atoms with van der Waals surface area (Å²) in [4.78, 5) is 11.7. The molecular formula is C13H17FO2S. The number of benzene rings is 1. The molecule has 0 aliphatic carbocycles. The van der Waals surface area contributed by atoms with Crippen molar-refractivity contribution in [2.45, 2.75) is 20.3 Å². The number of ketones is 1. The van der Waals surface area contributed by atoms with Gasteiger partial charge < -0.3 is 5.11 Å². The number of hydrogen-bond donors (Lipinski definition) is 1. The van der Waals surface area contributed by atoms with Gasteiger partial charge in [0, 0.05) is 0 Å². The Morgan fingerprint density at radius 1 is 1.47 bits per heavy atom. The van der Waals surface area contributed by atoms with Crippen molar-refractivity contribution >= 4 is 17.5 Å². The van der Waals surface area contributed by atoms with Crippen LogP contribution in [0.4, 0.5) is 4.39 Å². The Balaban J connectivity index is 2.49. The van der Waals surface area contributed by atoms with Crippen LogP contribution in [0.3, 0.4) is 0 Å². The van der Waals surface area contributed by atoms with Crippen molar-refractivity contribution in [3.05, 3.63) is 29.6 Å². The SMILES string of the molecule is CC(C)CCSCC(=O)c1cc(F)ccc1O. The van der Waals surface area contributed by atoms with Gasteiger partial charge in [0.25, 0.3) is 0 Å². The smallest absolute Gasteiger partial charge is 0.176 e. The number of carbonyl (C=O) groups excluding carboxylic acids is 1. The maximum Gasteiger partial charge on any atom is 0.176 e. The molecule has 1 rings (SSSR count). The standard InChI is InChI=1S/C13H17FO2S/c1-9(2)5-6-17-8-13(16)11-7-10(14)3-4-12(11)15/h3-4,7,9,15H,5-6,8H2,1-2H3. The van der Waals surface area contributed by atoms with Crippen molar-refractivity contribution in [1.82, 2.24) is 0 Å². The summed E-state index contributed by atoms with van der Waals surface area (Å²) in [6, 6.07) is 3.43. The fraction of sp³-hybridized carbons (Fsp3) is 0.462. The fourth-order valence-electron chi connectivity index (χ4n) is 1.29. The lowest BCUT2D eigenvalue weighted by Crippen LogP contribution is -2.04. The molecule has 0 amide bonds. The van der Waals surface area contributed by atoms with Gasteiger partial charge in [-0.15, -0.1) is 0 Å². The molecule has 0 fully saturated rings. The van der Waals surface area contributed by atoms with Gasteiger partial charge in [0.15, 0.2) is 5.78 Å². The van der Waals surface area contributed by atoms with Crippen molar-refractivity contribution in [2.24, 2.45) is 5.92 Å². The first-order valence-electron chi connectivity index (χ1n) is 5.60. The molecule has 0 unspecified atom stereocenters. The maximum atomic E-state index is 12.9. The lowest BCUT2D eigenvalue weighted by Gasteiger charge is -2.05. The lowest BCUT2D eigenvalue weighted by molar-refractivity contribution is 0.101. The molecular weight excluding hydrogens is 239 g/mol. The molecule has 17 heavy (non-hydrogen) atoms. The van der Waals surface area contributed by atoms with Gasteiger partial charge in [0.05, 0.1) is 11.3 Å². The first-order chi connectivity index (χ1) is 8.00. The molecule has 0 aliphatic heterocycles. The van der Waals surface area contributed by atoms with E-state index in [0.29, 0.717) is 5.92 Å². The van der Waals surface area contributed by atoms with E-state index in [4.69, 9.17) is 0 Å². The number of phenolic OH excluding ortho intramolecular Hbond substituents is 1. The van der Waals surface area contributed by atoms with Crippen LogP contribution in [0.2, 0.25) is 0 Å². The molecule has 94 valence electrons. The molecule has 1 aromatic rings. The van der Waals surface area contributed by atoms with Crippen LogP contribution >= 0.6 is 11.8 Å². The monoisotopic (exact) mass is 256 g/mol. The van der Waals surface area contributed by atoms with Crippen molar-refractivity contribution in [2.75, 3.05) is 11.5 Å². The van der Waals surface area contributed by atoms with Crippen molar-refractivity contribution < 1.29 is 14.3 Å². The Bertz CT molecular complexity index is 391. The van der Waals surface area contributed by atoms with E-state index in [2.05, 4.69) is 13.8 Å². The molecule has 0 aromatic heterocycles. The molecule has 0 bridgehead atoms. The van der Waals surface area contributed by atoms with E-state index in [1.165, 1.54) is 17.8 Å². The molecule has 0 saturated heterocycles. The third-order valence-corrected chi connectivity index (χ3v) is 3.32. The van der Waals surface area contributed by atoms with Crippen LogP contribution in [0, 0.1) is 11.7 Å². The van der Waals surface area contributed by atoms with Crippen LogP contribution in [0.15, 0.2) is 18.2 Å². The average Bonchev–Trinajstić information content (AvgIpc) is 2.27. The summed E-state index contributed by atoms with van der Waals surface area (Å²) >= 11 is 1.52. The van der Waals surface area contributed by atoms with Crippen LogP contribution in [0.1, 0.15) is 30.6 Å². The molecule has 0 spiro atoms. The minimum absolute atomic E-state index is 0.0713. The highest BCUT2D eigenvalue weighted by atomic mass is 32.2. The van der Waals surface area contributed by atoms with Crippen molar-refractivity contribution in [3.63, 3.8) is 0 Å². The van der Waals surface area contributed by atoms with E-state index < -0.39 is 5.82 Å². The highest BCUT2D eigenvalue weighted by Gasteiger charge is 2.12. The van der Waals surface area contributed by atoms with Gasteiger partial charge in [-0.2, -0.15) is 11.8 Å². The van der Waals surface area contributed by atoms with E-state index >= 15 is 0 Å². The zero-order valence-electron chi connectivity index (χ0n) is 10.1. The van der Waals surface area contributed by atoms with Crippen LogP contribution in [0.25, 0.3) is 0 Å². The lowest BCUT2D eigenvalue weighted by atomic mass is 10.1. The van der Waals surface area contributed by atoms with E-state index in [0.717, 1.165) is 24.3 Å². The Hall–Kier alpha value is -1.03. The molecule has 0 heterocycles. The van der Waals surface area contributed by atoms with E-state index in [1.54, 1.807) is 0 Å². The van der Waals surface area contributed by atoms with Crippen LogP contribution in [-0.2, 0) is 0 Å². The summed E-state index contributed by atoms with van der Waals surface area (Å²) in [6.07, 6.45) is 1.05. The fourth-order valence-corrected chi connectivity index (χ4v) is 2.42. The minimum Gasteiger partial charge on any atom is -0.507 e. The average molecular weight is 256 g/mol. The predicted molar refractivity (Wildman–Crippen MR) is 69.2 cm³/mol. The van der Waals surface area contributed by atoms with Gasteiger partial charge in [-0.1, -0.05) is 13.8 Å². The molecule has 0 radical (unpaired) electrons. The van der Waals surface area contributed by atoms with Gasteiger partial charge in [-0.3, -0.25) is 4.79 Å². The molecule has 1 aromatic carbocycles. The highest BCUT2D eigenvalue weighted by Crippen LogP contribution is 2.20. The number of halogens is 1. The molecule has 1 N–H and O–H groups in total. The minimum atomic E-state index is -0.502. The Morgan fingerprint density at radius 2 is 2.18 bits per heavy atom. The molecule has 0 aliphatic rings. The van der Waals surface area contributed by atoms with Crippen LogP contribution in [-0.4, -0.2) is 22.4 Å². The second-order valence-corrected chi connectivity index (χ2v) is 5.42. The van der Waals surface area contributed by atoms with Crippen LogP contribution < -0.4 is 0 Å². The van der Waals surface area contributed by atoms with Crippen molar-refractivity contribution in [3.8, 4) is 5.75 Å². The molecule has 4 heteroatoms. The maximum absolute atomic E-state index is 12.9. The third kappa shape index (κ3) is 4.77. The summed E-state index contributed by atoms with van der Waals surface area (Å²) in [5, 5.41) is 9.45. The second-order valence-electron chi connectivity index (χ2n) is 4.32. The number of rotatable bonds is 6. The highest BCUT2D eigenvalue weighted by molar-refractivity contribution is 7.99. The van der Waals surface area contributed by atoms with Gasteiger partial charge >= 0.3 is 0 Å². The van der Waals surface area contributed by atoms with Gasteiger partial charge in [-0.25, -0.2) is 4.39 Å². The summed E-state index contributed by atoms with van der Waals surface area (Å²) < 4.78 is 12.9. The van der Waals surface area contributed by atoms with Gasteiger partial charge in [0.2, 0.25) is 0 Å². The summed E-state index contributed by atoms with van der Waals surface area (Å²) in [6.45, 7) is 4.25. The Labute approximate surface area is 105 Å². The first-order valence-corrected chi connectivity index (χ1v) is 6.75. The topological polar surface area (TPSA) is 37.3 Å². The van der Waals surface area contributed by atoms with Crippen molar-refractivity contribution in [1.29, 1.82) is 0 Å². The normalized spacial score (nSPS) is 10.8. The summed E-state index contributed by atoms with van der Waals surface area (Å²) in [5.74, 6) is 0.915. The van der Waals surface area contributed by atoms with Gasteiger partial charge in [-0.05, 0) is 36.3 Å². The Morgan fingerprint density at radius 3 is 2.82 bits per heavy atom. The number of Topliss-reactive ketones (excluding diaryl/α,β-unsaturated/α-hetero) is 1. The number of thioether (sulfide) groups is 1. The number of carbonyl (C=O) groups is 1. The van der Waals surface area contributed by atoms with E-state index in [1.807, 2.05) is 0 Å². The number of aromatic hydroxyl groups is 1. The largest absolute Gasteiger partial charge is 0.507 e. The number of hydrogen-bond acceptors (Lipinski definition) is 3. The van der Waals surface area contributed by atoms with E-state index in [-0.39, 0.29) is 22.8 Å². The zero-order valence-corrected chi connectivity index (χ0v) is 10.9. The van der Waals surface area contributed by atoms with E-state index in [9.17, 15) is 14.3 Å². The van der Waals surface area contributed by atoms with Gasteiger partial charge in [0.1, 0.15) is 11.6 Å². The quantitative estimate of drug-likeness (QED) is 0.625. The third-order valence-electron chi connectivity index (χ3n) is 2.33. The second kappa shape index (κ2) is 6.64. The Kier molecular flexibility index (Phi) is 5.48. The first kappa shape index (κ1) is 14.0. The molecule has 0 saturated carbocycles. The summed E-state index contributed by atoms with van der Waals surface area (Å²) in [5.41, 5.74) is 0.0713. The summed E-state index contributed by atoms with van der Waals surface area (Å²) in [7, 11) is 0. The number of phenols is 1.